The number of esters is 1. The predicted octanol–water partition coefficient (Wildman–Crippen LogP) is 3.08. The fourth-order valence-electron chi connectivity index (χ4n) is 2.96. The summed E-state index contributed by atoms with van der Waals surface area (Å²) in [6, 6.07) is 13.4. The molecule has 2 aromatic rings. The fraction of sp³-hybridized carbons (Fsp3) is 0.238. The van der Waals surface area contributed by atoms with Crippen LogP contribution in [0.15, 0.2) is 59.8 Å². The Balaban J connectivity index is 1.79. The summed E-state index contributed by atoms with van der Waals surface area (Å²) < 4.78 is 15.8. The van der Waals surface area contributed by atoms with E-state index in [-0.39, 0.29) is 12.6 Å². The highest BCUT2D eigenvalue weighted by molar-refractivity contribution is 5.95. The van der Waals surface area contributed by atoms with Crippen molar-refractivity contribution < 1.29 is 23.8 Å². The van der Waals surface area contributed by atoms with Crippen LogP contribution < -0.4 is 20.1 Å². The molecule has 1 heterocycles. The number of hydrogen-bond acceptors (Lipinski definition) is 5. The van der Waals surface area contributed by atoms with E-state index in [9.17, 15) is 9.59 Å². The Hall–Kier alpha value is -3.48. The second-order valence-electron chi connectivity index (χ2n) is 6.27. The van der Waals surface area contributed by atoms with Crippen molar-refractivity contribution in [3.63, 3.8) is 0 Å². The molecule has 1 aliphatic heterocycles. The summed E-state index contributed by atoms with van der Waals surface area (Å²) in [6.07, 6.45) is 0. The van der Waals surface area contributed by atoms with Crippen LogP contribution in [-0.2, 0) is 16.1 Å². The zero-order chi connectivity index (χ0) is 20.1. The minimum absolute atomic E-state index is 0.114. The Kier molecular flexibility index (Phi) is 5.84. The molecule has 146 valence electrons. The van der Waals surface area contributed by atoms with Crippen molar-refractivity contribution in [2.45, 2.75) is 19.6 Å². The lowest BCUT2D eigenvalue weighted by atomic mass is 9.95. The molecule has 3 rings (SSSR count). The number of nitrogens with one attached hydrogen (secondary N) is 2. The van der Waals surface area contributed by atoms with Crippen molar-refractivity contribution >= 4 is 12.0 Å². The highest BCUT2D eigenvalue weighted by atomic mass is 16.5. The van der Waals surface area contributed by atoms with Gasteiger partial charge in [0.15, 0.2) is 0 Å². The molecule has 1 atom stereocenters. The predicted molar refractivity (Wildman–Crippen MR) is 103 cm³/mol. The van der Waals surface area contributed by atoms with Crippen LogP contribution in [0.1, 0.15) is 24.1 Å². The number of amides is 2. The molecule has 0 saturated heterocycles. The minimum atomic E-state index is -0.608. The number of carbonyl (C=O) groups is 2. The van der Waals surface area contributed by atoms with E-state index in [1.54, 1.807) is 57.5 Å². The van der Waals surface area contributed by atoms with Gasteiger partial charge in [-0.25, -0.2) is 9.59 Å². The molecule has 0 saturated carbocycles. The topological polar surface area (TPSA) is 85.9 Å². The van der Waals surface area contributed by atoms with Gasteiger partial charge in [-0.3, -0.25) is 0 Å². The van der Waals surface area contributed by atoms with Gasteiger partial charge in [-0.05, 0) is 42.3 Å². The molecule has 0 spiro atoms. The molecule has 0 aliphatic carbocycles. The van der Waals surface area contributed by atoms with E-state index in [2.05, 4.69) is 10.6 Å². The van der Waals surface area contributed by atoms with Crippen LogP contribution in [0.2, 0.25) is 0 Å². The Morgan fingerprint density at radius 2 is 1.54 bits per heavy atom. The number of carbonyl (C=O) groups excluding carboxylic acids is 2. The van der Waals surface area contributed by atoms with Gasteiger partial charge in [0, 0.05) is 5.70 Å². The van der Waals surface area contributed by atoms with Crippen LogP contribution in [0.4, 0.5) is 4.79 Å². The van der Waals surface area contributed by atoms with E-state index in [0.29, 0.717) is 17.0 Å². The van der Waals surface area contributed by atoms with Crippen molar-refractivity contribution in [1.82, 2.24) is 10.6 Å². The Morgan fingerprint density at radius 1 is 0.964 bits per heavy atom. The Morgan fingerprint density at radius 3 is 2.11 bits per heavy atom. The van der Waals surface area contributed by atoms with Crippen LogP contribution >= 0.6 is 0 Å². The van der Waals surface area contributed by atoms with Gasteiger partial charge < -0.3 is 24.8 Å². The van der Waals surface area contributed by atoms with Gasteiger partial charge in [0.2, 0.25) is 0 Å². The molecule has 2 N–H and O–H groups in total. The molecule has 28 heavy (non-hydrogen) atoms. The number of benzene rings is 2. The third kappa shape index (κ3) is 4.25. The second kappa shape index (κ2) is 8.47. The maximum Gasteiger partial charge on any atom is 0.338 e. The van der Waals surface area contributed by atoms with Crippen LogP contribution in [-0.4, -0.2) is 26.2 Å². The van der Waals surface area contributed by atoms with E-state index in [4.69, 9.17) is 14.2 Å². The average Bonchev–Trinajstić information content (AvgIpc) is 2.72. The standard InChI is InChI=1S/C21H22N2O5/c1-13-18(20(24)28-12-14-4-8-16(26-2)9-5-14)19(23-21(25)22-13)15-6-10-17(27-3)11-7-15/h4-11,19H,12H2,1-3H3,(H2,22,23,25)/t19-/m1/s1. The summed E-state index contributed by atoms with van der Waals surface area (Å²) in [7, 11) is 3.17. The largest absolute Gasteiger partial charge is 0.497 e. The van der Waals surface area contributed by atoms with Gasteiger partial charge in [0.25, 0.3) is 0 Å². The van der Waals surface area contributed by atoms with Crippen molar-refractivity contribution in [1.29, 1.82) is 0 Å². The van der Waals surface area contributed by atoms with E-state index < -0.39 is 12.0 Å². The van der Waals surface area contributed by atoms with Gasteiger partial charge >= 0.3 is 12.0 Å². The maximum atomic E-state index is 12.8. The third-order valence-electron chi connectivity index (χ3n) is 4.47. The van der Waals surface area contributed by atoms with Gasteiger partial charge in [0.05, 0.1) is 25.8 Å². The lowest BCUT2D eigenvalue weighted by Gasteiger charge is -2.28. The fourth-order valence-corrected chi connectivity index (χ4v) is 2.96. The van der Waals surface area contributed by atoms with Crippen molar-refractivity contribution in [3.05, 3.63) is 70.9 Å². The van der Waals surface area contributed by atoms with Crippen molar-refractivity contribution in [2.75, 3.05) is 14.2 Å². The van der Waals surface area contributed by atoms with Gasteiger partial charge in [-0.1, -0.05) is 24.3 Å². The quantitative estimate of drug-likeness (QED) is 0.750. The van der Waals surface area contributed by atoms with Gasteiger partial charge in [0.1, 0.15) is 18.1 Å². The smallest absolute Gasteiger partial charge is 0.338 e. The molecule has 0 fully saturated rings. The number of methoxy groups -OCH3 is 2. The first-order valence-electron chi connectivity index (χ1n) is 8.74. The van der Waals surface area contributed by atoms with Crippen molar-refractivity contribution in [3.8, 4) is 11.5 Å². The van der Waals surface area contributed by atoms with Crippen LogP contribution in [0.3, 0.4) is 0 Å². The lowest BCUT2D eigenvalue weighted by Crippen LogP contribution is -2.45. The number of hydrogen-bond donors (Lipinski definition) is 2. The Bertz CT molecular complexity index is 888. The lowest BCUT2D eigenvalue weighted by molar-refractivity contribution is -0.140. The summed E-state index contributed by atoms with van der Waals surface area (Å²) in [4.78, 5) is 24.7. The molecule has 2 aromatic carbocycles. The second-order valence-corrected chi connectivity index (χ2v) is 6.27. The van der Waals surface area contributed by atoms with E-state index in [0.717, 1.165) is 16.9 Å². The molecule has 1 aliphatic rings. The normalized spacial score (nSPS) is 16.1. The monoisotopic (exact) mass is 382 g/mol. The first-order valence-corrected chi connectivity index (χ1v) is 8.74. The number of rotatable bonds is 6. The van der Waals surface area contributed by atoms with Gasteiger partial charge in [-0.2, -0.15) is 0 Å². The first kappa shape index (κ1) is 19.3. The zero-order valence-electron chi connectivity index (χ0n) is 15.9. The highest BCUT2D eigenvalue weighted by Gasteiger charge is 2.32. The van der Waals surface area contributed by atoms with Gasteiger partial charge in [-0.15, -0.1) is 0 Å². The molecule has 0 radical (unpaired) electrons. The Labute approximate surface area is 163 Å². The van der Waals surface area contributed by atoms with Crippen LogP contribution in [0, 0.1) is 0 Å². The molecule has 2 amide bonds. The summed E-state index contributed by atoms with van der Waals surface area (Å²) in [5, 5.41) is 5.41. The molecule has 0 aromatic heterocycles. The molecule has 0 bridgehead atoms. The summed E-state index contributed by atoms with van der Waals surface area (Å²) in [5.41, 5.74) is 2.41. The summed E-state index contributed by atoms with van der Waals surface area (Å²) >= 11 is 0. The number of ether oxygens (including phenoxy) is 3. The van der Waals surface area contributed by atoms with Crippen LogP contribution in [0.25, 0.3) is 0 Å². The molecule has 7 heteroatoms. The van der Waals surface area contributed by atoms with E-state index in [1.165, 1.54) is 0 Å². The van der Waals surface area contributed by atoms with E-state index >= 15 is 0 Å². The highest BCUT2D eigenvalue weighted by Crippen LogP contribution is 2.29. The first-order chi connectivity index (χ1) is 13.5. The van der Waals surface area contributed by atoms with Crippen molar-refractivity contribution in [2.24, 2.45) is 0 Å². The number of allylic oxidation sites excluding steroid dienone is 1. The molecule has 0 unspecified atom stereocenters. The summed E-state index contributed by atoms with van der Waals surface area (Å²) in [5.74, 6) is 0.919. The molecular weight excluding hydrogens is 360 g/mol. The average molecular weight is 382 g/mol. The SMILES string of the molecule is COc1ccc(COC(=O)C2=C(C)NC(=O)N[C@@H]2c2ccc(OC)cc2)cc1. The maximum absolute atomic E-state index is 12.8. The zero-order valence-corrected chi connectivity index (χ0v) is 15.9. The summed E-state index contributed by atoms with van der Waals surface area (Å²) in [6.45, 7) is 1.79. The third-order valence-corrected chi connectivity index (χ3v) is 4.47. The molecule has 7 nitrogen and oxygen atoms in total. The van der Waals surface area contributed by atoms with Crippen LogP contribution in [0.5, 0.6) is 11.5 Å². The van der Waals surface area contributed by atoms with E-state index in [1.807, 2.05) is 12.1 Å². The number of urea groups is 1. The minimum Gasteiger partial charge on any atom is -0.497 e. The molecular formula is C21H22N2O5.